The highest BCUT2D eigenvalue weighted by Crippen LogP contribution is 2.26. The van der Waals surface area contributed by atoms with E-state index in [0.717, 1.165) is 0 Å². The zero-order valence-corrected chi connectivity index (χ0v) is 6.74. The minimum atomic E-state index is -2.08. The fourth-order valence-corrected chi connectivity index (χ4v) is 0.904. The van der Waals surface area contributed by atoms with Crippen LogP contribution >= 0.6 is 0 Å². The second-order valence-electron chi connectivity index (χ2n) is 2.57. The van der Waals surface area contributed by atoms with Crippen molar-refractivity contribution in [3.05, 3.63) is 29.3 Å². The van der Waals surface area contributed by atoms with Crippen molar-refractivity contribution < 1.29 is 28.9 Å². The second-order valence-corrected chi connectivity index (χ2v) is 2.57. The number of benzene rings is 1. The van der Waals surface area contributed by atoms with Gasteiger partial charge < -0.3 is 15.3 Å². The number of halogens is 2. The first-order valence-corrected chi connectivity index (χ1v) is 3.52. The Morgan fingerprint density at radius 3 is 2.29 bits per heavy atom. The summed E-state index contributed by atoms with van der Waals surface area (Å²) < 4.78 is 25.1. The Hall–Kier alpha value is -1.69. The molecule has 0 heterocycles. The van der Waals surface area contributed by atoms with Crippen LogP contribution in [-0.4, -0.2) is 21.3 Å². The Bertz CT molecular complexity index is 378. The van der Waals surface area contributed by atoms with Crippen molar-refractivity contribution >= 4 is 5.97 Å². The molecular weight excluding hydrogens is 198 g/mol. The molecule has 6 heteroatoms. The molecule has 4 nitrogen and oxygen atoms in total. The number of aliphatic carboxylic acids is 1. The van der Waals surface area contributed by atoms with Gasteiger partial charge in [0.15, 0.2) is 17.7 Å². The van der Waals surface area contributed by atoms with Crippen molar-refractivity contribution in [3.8, 4) is 5.75 Å². The standard InChI is InChI=1S/C8H6F2O4/c9-4-1-3(7(12)8(13)14)6(11)2-5(4)10/h1-2,7,11-12H,(H,13,14). The van der Waals surface area contributed by atoms with Crippen molar-refractivity contribution in [2.24, 2.45) is 0 Å². The molecule has 0 aliphatic rings. The number of carbonyl (C=O) groups is 1. The van der Waals surface area contributed by atoms with E-state index < -0.39 is 35.0 Å². The Balaban J connectivity index is 3.22. The SMILES string of the molecule is O=C(O)C(O)c1cc(F)c(F)cc1O. The molecule has 1 atom stereocenters. The lowest BCUT2D eigenvalue weighted by Crippen LogP contribution is -2.11. The van der Waals surface area contributed by atoms with Crippen LogP contribution in [-0.2, 0) is 4.79 Å². The Labute approximate surface area is 77.0 Å². The highest BCUT2D eigenvalue weighted by Gasteiger charge is 2.21. The average molecular weight is 204 g/mol. The Morgan fingerprint density at radius 1 is 1.29 bits per heavy atom. The van der Waals surface area contributed by atoms with Crippen molar-refractivity contribution in [2.75, 3.05) is 0 Å². The van der Waals surface area contributed by atoms with Gasteiger partial charge in [-0.1, -0.05) is 0 Å². The van der Waals surface area contributed by atoms with Crippen molar-refractivity contribution in [2.45, 2.75) is 6.10 Å². The number of hydrogen-bond acceptors (Lipinski definition) is 3. The predicted molar refractivity (Wildman–Crippen MR) is 40.6 cm³/mol. The fourth-order valence-electron chi connectivity index (χ4n) is 0.904. The molecule has 3 N–H and O–H groups in total. The van der Waals surface area contributed by atoms with Gasteiger partial charge in [0.05, 0.1) is 0 Å². The molecule has 0 spiro atoms. The number of aliphatic hydroxyl groups excluding tert-OH is 1. The van der Waals surface area contributed by atoms with Crippen LogP contribution in [0.5, 0.6) is 5.75 Å². The maximum atomic E-state index is 12.6. The zero-order chi connectivity index (χ0) is 10.9. The lowest BCUT2D eigenvalue weighted by atomic mass is 10.1. The quantitative estimate of drug-likeness (QED) is 0.665. The minimum Gasteiger partial charge on any atom is -0.507 e. The normalized spacial score (nSPS) is 12.5. The molecule has 1 aromatic carbocycles. The molecule has 0 aliphatic carbocycles. The molecule has 1 unspecified atom stereocenters. The third kappa shape index (κ3) is 1.80. The molecule has 0 aromatic heterocycles. The van der Waals surface area contributed by atoms with Crippen LogP contribution in [0.15, 0.2) is 12.1 Å². The lowest BCUT2D eigenvalue weighted by Gasteiger charge is -2.08. The van der Waals surface area contributed by atoms with E-state index in [1.54, 1.807) is 0 Å². The van der Waals surface area contributed by atoms with E-state index in [0.29, 0.717) is 12.1 Å². The minimum absolute atomic E-state index is 0.400. The van der Waals surface area contributed by atoms with Gasteiger partial charge in [-0.05, 0) is 6.07 Å². The number of aromatic hydroxyl groups is 1. The summed E-state index contributed by atoms with van der Waals surface area (Å²) in [5.41, 5.74) is -0.587. The third-order valence-electron chi connectivity index (χ3n) is 1.60. The smallest absolute Gasteiger partial charge is 0.337 e. The maximum absolute atomic E-state index is 12.6. The van der Waals surface area contributed by atoms with Gasteiger partial charge in [-0.15, -0.1) is 0 Å². The van der Waals surface area contributed by atoms with Crippen LogP contribution in [0.1, 0.15) is 11.7 Å². The first-order chi connectivity index (χ1) is 6.43. The van der Waals surface area contributed by atoms with E-state index in [1.807, 2.05) is 0 Å². The van der Waals surface area contributed by atoms with Gasteiger partial charge in [-0.25, -0.2) is 13.6 Å². The van der Waals surface area contributed by atoms with E-state index in [2.05, 4.69) is 0 Å². The van der Waals surface area contributed by atoms with Gasteiger partial charge in [0.2, 0.25) is 0 Å². The number of carboxylic acid groups (broad SMARTS) is 1. The van der Waals surface area contributed by atoms with E-state index in [1.165, 1.54) is 0 Å². The predicted octanol–water partition coefficient (Wildman–Crippen LogP) is 0.788. The highest BCUT2D eigenvalue weighted by molar-refractivity contribution is 5.75. The van der Waals surface area contributed by atoms with Gasteiger partial charge >= 0.3 is 5.97 Å². The summed E-state index contributed by atoms with van der Waals surface area (Å²) >= 11 is 0. The van der Waals surface area contributed by atoms with Gasteiger partial charge in [0.25, 0.3) is 0 Å². The Morgan fingerprint density at radius 2 is 1.79 bits per heavy atom. The first-order valence-electron chi connectivity index (χ1n) is 3.52. The number of aliphatic hydroxyl groups is 1. The molecule has 0 saturated heterocycles. The summed E-state index contributed by atoms with van der Waals surface area (Å²) in [4.78, 5) is 10.3. The molecule has 0 radical (unpaired) electrons. The first kappa shape index (κ1) is 10.4. The highest BCUT2D eigenvalue weighted by atomic mass is 19.2. The van der Waals surface area contributed by atoms with E-state index in [9.17, 15) is 13.6 Å². The molecule has 1 aromatic rings. The molecule has 0 aliphatic heterocycles. The summed E-state index contributed by atoms with van der Waals surface area (Å²) in [5, 5.41) is 26.3. The van der Waals surface area contributed by atoms with Crippen molar-refractivity contribution in [1.82, 2.24) is 0 Å². The van der Waals surface area contributed by atoms with Crippen LogP contribution in [0, 0.1) is 11.6 Å². The molecular formula is C8H6F2O4. The second kappa shape index (κ2) is 3.59. The average Bonchev–Trinajstić information content (AvgIpc) is 2.10. The van der Waals surface area contributed by atoms with E-state index in [-0.39, 0.29) is 0 Å². The summed E-state index contributed by atoms with van der Waals surface area (Å²) in [5.74, 6) is -5.12. The Kier molecular flexibility index (Phi) is 2.66. The molecule has 76 valence electrons. The van der Waals surface area contributed by atoms with Crippen LogP contribution in [0.2, 0.25) is 0 Å². The third-order valence-corrected chi connectivity index (χ3v) is 1.60. The monoisotopic (exact) mass is 204 g/mol. The zero-order valence-electron chi connectivity index (χ0n) is 6.74. The topological polar surface area (TPSA) is 77.8 Å². The number of carboxylic acids is 1. The molecule has 0 saturated carbocycles. The molecule has 1 rings (SSSR count). The summed E-state index contributed by atoms with van der Waals surface area (Å²) in [7, 11) is 0. The van der Waals surface area contributed by atoms with Gasteiger partial charge in [0, 0.05) is 11.6 Å². The van der Waals surface area contributed by atoms with E-state index >= 15 is 0 Å². The van der Waals surface area contributed by atoms with Crippen LogP contribution in [0.3, 0.4) is 0 Å². The van der Waals surface area contributed by atoms with Gasteiger partial charge in [-0.3, -0.25) is 0 Å². The number of phenols is 1. The lowest BCUT2D eigenvalue weighted by molar-refractivity contribution is -0.147. The van der Waals surface area contributed by atoms with Gasteiger partial charge in [0.1, 0.15) is 5.75 Å². The maximum Gasteiger partial charge on any atom is 0.337 e. The fraction of sp³-hybridized carbons (Fsp3) is 0.125. The van der Waals surface area contributed by atoms with Crippen LogP contribution in [0.4, 0.5) is 8.78 Å². The van der Waals surface area contributed by atoms with Crippen LogP contribution < -0.4 is 0 Å². The molecule has 0 amide bonds. The largest absolute Gasteiger partial charge is 0.507 e. The molecule has 0 fully saturated rings. The molecule has 14 heavy (non-hydrogen) atoms. The molecule has 0 bridgehead atoms. The summed E-state index contributed by atoms with van der Waals surface area (Å²) in [6.07, 6.45) is -2.08. The summed E-state index contributed by atoms with van der Waals surface area (Å²) in [6, 6.07) is 0.834. The van der Waals surface area contributed by atoms with Crippen molar-refractivity contribution in [1.29, 1.82) is 0 Å². The number of phenolic OH excluding ortho intramolecular Hbond substituents is 1. The van der Waals surface area contributed by atoms with Gasteiger partial charge in [-0.2, -0.15) is 0 Å². The van der Waals surface area contributed by atoms with Crippen molar-refractivity contribution in [3.63, 3.8) is 0 Å². The number of hydrogen-bond donors (Lipinski definition) is 3. The summed E-state index contributed by atoms with van der Waals surface area (Å²) in [6.45, 7) is 0. The number of rotatable bonds is 2. The van der Waals surface area contributed by atoms with E-state index in [4.69, 9.17) is 15.3 Å². The van der Waals surface area contributed by atoms with Crippen LogP contribution in [0.25, 0.3) is 0 Å².